The van der Waals surface area contributed by atoms with Gasteiger partial charge in [0.1, 0.15) is 5.60 Å². The zero-order valence-electron chi connectivity index (χ0n) is 21.8. The number of hydrogen-bond donors (Lipinski definition) is 1. The predicted octanol–water partition coefficient (Wildman–Crippen LogP) is 6.70. The number of nitrogens with zero attached hydrogens (tertiary/aromatic N) is 2. The molecule has 1 saturated heterocycles. The number of anilines is 1. The fraction of sp³-hybridized carbons (Fsp3) is 0.556. The van der Waals surface area contributed by atoms with Crippen molar-refractivity contribution in [1.29, 1.82) is 0 Å². The second kappa shape index (κ2) is 10.7. The van der Waals surface area contributed by atoms with Crippen LogP contribution in [0.2, 0.25) is 0 Å². The first-order chi connectivity index (χ1) is 16.7. The van der Waals surface area contributed by atoms with Crippen LogP contribution in [0.3, 0.4) is 0 Å². The number of nitrogens with one attached hydrogen (secondary N) is 1. The number of alkyl halides is 3. The van der Waals surface area contributed by atoms with Crippen molar-refractivity contribution < 1.29 is 27.5 Å². The maximum atomic E-state index is 13.7. The van der Waals surface area contributed by atoms with Gasteiger partial charge < -0.3 is 10.1 Å². The van der Waals surface area contributed by atoms with Crippen LogP contribution in [0.25, 0.3) is 17.0 Å². The lowest BCUT2D eigenvalue weighted by atomic mass is 9.73. The molecule has 2 aromatic rings. The van der Waals surface area contributed by atoms with Gasteiger partial charge in [-0.25, -0.2) is 18.0 Å². The molecule has 2 heterocycles. The van der Waals surface area contributed by atoms with Gasteiger partial charge >= 0.3 is 6.09 Å². The van der Waals surface area contributed by atoms with Crippen molar-refractivity contribution in [2.45, 2.75) is 72.7 Å². The largest absolute Gasteiger partial charge is 0.443 e. The Kier molecular flexibility index (Phi) is 8.23. The monoisotopic (exact) mass is 507 g/mol. The van der Waals surface area contributed by atoms with E-state index in [0.717, 1.165) is 5.56 Å². The molecule has 1 unspecified atom stereocenters. The molecule has 0 bridgehead atoms. The highest BCUT2D eigenvalue weighted by molar-refractivity contribution is 6.04. The molecule has 1 aliphatic heterocycles. The van der Waals surface area contributed by atoms with Gasteiger partial charge in [0.25, 0.3) is 6.43 Å². The van der Waals surface area contributed by atoms with Gasteiger partial charge in [-0.05, 0) is 62.6 Å². The smallest absolute Gasteiger partial charge is 0.419 e. The predicted molar refractivity (Wildman–Crippen MR) is 136 cm³/mol. The van der Waals surface area contributed by atoms with E-state index in [1.807, 2.05) is 24.3 Å². The zero-order valence-corrected chi connectivity index (χ0v) is 21.8. The first-order valence-electron chi connectivity index (χ1n) is 12.2. The molecule has 3 rings (SSSR count). The molecule has 1 fully saturated rings. The summed E-state index contributed by atoms with van der Waals surface area (Å²) in [4.78, 5) is 25.7. The summed E-state index contributed by atoms with van der Waals surface area (Å²) in [5.74, 6) is -0.0317. The van der Waals surface area contributed by atoms with Gasteiger partial charge in [-0.2, -0.15) is 0 Å². The van der Waals surface area contributed by atoms with E-state index in [4.69, 9.17) is 4.74 Å². The Bertz CT molecular complexity index is 1130. The third-order valence-electron chi connectivity index (χ3n) is 6.57. The number of allylic oxidation sites excluding steroid dienone is 1. The van der Waals surface area contributed by atoms with Crippen LogP contribution in [-0.4, -0.2) is 52.9 Å². The van der Waals surface area contributed by atoms with Crippen LogP contribution in [0.1, 0.15) is 59.9 Å². The Morgan fingerprint density at radius 3 is 2.31 bits per heavy atom. The number of rotatable bonds is 6. The lowest BCUT2D eigenvalue weighted by Gasteiger charge is -2.40. The third kappa shape index (κ3) is 6.69. The molecule has 1 amide bonds. The number of aromatic nitrogens is 1. The third-order valence-corrected chi connectivity index (χ3v) is 6.57. The number of likely N-dealkylation sites (tertiary alicyclic amines) is 1. The van der Waals surface area contributed by atoms with Gasteiger partial charge in [-0.15, -0.1) is 0 Å². The van der Waals surface area contributed by atoms with Crippen LogP contribution in [0.4, 0.5) is 23.7 Å². The molecule has 1 N–H and O–H groups in total. The number of carbonyl (C=O) groups is 2. The zero-order chi connectivity index (χ0) is 26.8. The molecule has 1 aromatic heterocycles. The van der Waals surface area contributed by atoms with Crippen molar-refractivity contribution in [3.8, 4) is 0 Å². The summed E-state index contributed by atoms with van der Waals surface area (Å²) in [7, 11) is 0. The van der Waals surface area contributed by atoms with E-state index in [1.165, 1.54) is 16.4 Å². The van der Waals surface area contributed by atoms with Crippen LogP contribution >= 0.6 is 0 Å². The lowest BCUT2D eigenvalue weighted by Crippen LogP contribution is -2.44. The van der Waals surface area contributed by atoms with Crippen molar-refractivity contribution in [1.82, 2.24) is 9.47 Å². The second-order valence-electron chi connectivity index (χ2n) is 11.0. The van der Waals surface area contributed by atoms with E-state index >= 15 is 0 Å². The quantitative estimate of drug-likeness (QED) is 0.442. The maximum absolute atomic E-state index is 13.7. The van der Waals surface area contributed by atoms with Gasteiger partial charge in [0, 0.05) is 31.6 Å². The average molecular weight is 508 g/mol. The summed E-state index contributed by atoms with van der Waals surface area (Å²) in [5, 5.41) is 3.48. The van der Waals surface area contributed by atoms with Crippen LogP contribution in [-0.2, 0) is 9.53 Å². The minimum Gasteiger partial charge on any atom is -0.443 e. The number of piperidine rings is 1. The molecule has 0 saturated carbocycles. The fourth-order valence-electron chi connectivity index (χ4n) is 4.60. The van der Waals surface area contributed by atoms with Gasteiger partial charge in [-0.1, -0.05) is 32.1 Å². The summed E-state index contributed by atoms with van der Waals surface area (Å²) in [6.45, 7) is 11.5. The number of hydrogen-bond acceptors (Lipinski definition) is 4. The summed E-state index contributed by atoms with van der Waals surface area (Å²) < 4.78 is 46.0. The molecule has 9 heteroatoms. The molecule has 1 aliphatic rings. The molecule has 36 heavy (non-hydrogen) atoms. The summed E-state index contributed by atoms with van der Waals surface area (Å²) in [6, 6.07) is 5.58. The highest BCUT2D eigenvalue weighted by Gasteiger charge is 2.35. The number of amides is 1. The van der Waals surface area contributed by atoms with Crippen molar-refractivity contribution in [3.05, 3.63) is 36.0 Å². The van der Waals surface area contributed by atoms with Crippen molar-refractivity contribution in [2.24, 2.45) is 11.3 Å². The maximum Gasteiger partial charge on any atom is 0.419 e. The topological polar surface area (TPSA) is 63.6 Å². The molecule has 0 spiro atoms. The SMILES string of the molecule is CC(=O)Nc1cn(C(=O)OC(C)(C)C)c2ccc(C=CC(C)(C)C3CCN(C(F)C(F)F)CC3)cc12. The Morgan fingerprint density at radius 1 is 1.11 bits per heavy atom. The van der Waals surface area contributed by atoms with E-state index in [-0.39, 0.29) is 17.2 Å². The first kappa shape index (κ1) is 27.8. The molecular weight excluding hydrogens is 471 g/mol. The Hall–Kier alpha value is -2.81. The minimum atomic E-state index is -2.99. The summed E-state index contributed by atoms with van der Waals surface area (Å²) in [6.07, 6.45) is 1.15. The summed E-state index contributed by atoms with van der Waals surface area (Å²) >= 11 is 0. The van der Waals surface area contributed by atoms with E-state index in [1.54, 1.807) is 27.0 Å². The number of ether oxygens (including phenoxy) is 1. The van der Waals surface area contributed by atoms with E-state index in [9.17, 15) is 22.8 Å². The molecule has 0 radical (unpaired) electrons. The number of fused-ring (bicyclic) bond motifs is 1. The second-order valence-corrected chi connectivity index (χ2v) is 11.0. The molecule has 198 valence electrons. The molecular formula is C27H36F3N3O3. The van der Waals surface area contributed by atoms with E-state index in [2.05, 4.69) is 25.2 Å². The first-order valence-corrected chi connectivity index (χ1v) is 12.2. The normalized spacial score (nSPS) is 17.2. The van der Waals surface area contributed by atoms with E-state index in [0.29, 0.717) is 42.5 Å². The van der Waals surface area contributed by atoms with Gasteiger partial charge in [0.2, 0.25) is 12.2 Å². The molecule has 6 nitrogen and oxygen atoms in total. The van der Waals surface area contributed by atoms with Gasteiger partial charge in [0.15, 0.2) is 0 Å². The van der Waals surface area contributed by atoms with Crippen LogP contribution in [0, 0.1) is 11.3 Å². The highest BCUT2D eigenvalue weighted by Crippen LogP contribution is 2.38. The van der Waals surface area contributed by atoms with Crippen molar-refractivity contribution in [3.63, 3.8) is 0 Å². The Morgan fingerprint density at radius 2 is 1.75 bits per heavy atom. The Labute approximate surface area is 210 Å². The van der Waals surface area contributed by atoms with Crippen molar-refractivity contribution >= 4 is 34.7 Å². The van der Waals surface area contributed by atoms with Gasteiger partial charge in [0.05, 0.1) is 11.2 Å². The standard InChI is InChI=1S/C27H36F3N3O3/c1-17(34)31-21-16-33(25(35)36-26(2,3)4)22-8-7-18(15-20(21)22)9-12-27(5,6)19-10-13-32(14-11-19)24(30)23(28)29/h7-9,12,15-16,19,23-24H,10-11,13-14H2,1-6H3,(H,31,34). The Balaban J connectivity index is 1.82. The number of halogens is 3. The molecule has 0 aliphatic carbocycles. The van der Waals surface area contributed by atoms with Crippen molar-refractivity contribution in [2.75, 3.05) is 18.4 Å². The van der Waals surface area contributed by atoms with Crippen LogP contribution < -0.4 is 5.32 Å². The number of carbonyl (C=O) groups excluding carboxylic acids is 2. The highest BCUT2D eigenvalue weighted by atomic mass is 19.3. The van der Waals surface area contributed by atoms with E-state index < -0.39 is 24.4 Å². The summed E-state index contributed by atoms with van der Waals surface area (Å²) in [5.41, 5.74) is 1.09. The molecule has 1 atom stereocenters. The number of benzene rings is 1. The minimum absolute atomic E-state index is 0.224. The van der Waals surface area contributed by atoms with Crippen LogP contribution in [0.15, 0.2) is 30.5 Å². The van der Waals surface area contributed by atoms with Crippen LogP contribution in [0.5, 0.6) is 0 Å². The average Bonchev–Trinajstić information content (AvgIpc) is 3.13. The fourth-order valence-corrected chi connectivity index (χ4v) is 4.60. The van der Waals surface area contributed by atoms with Gasteiger partial charge in [-0.3, -0.25) is 14.3 Å². The lowest BCUT2D eigenvalue weighted by molar-refractivity contribution is -0.114. The molecule has 1 aromatic carbocycles.